The summed E-state index contributed by atoms with van der Waals surface area (Å²) in [5.74, 6) is 0.0844. The van der Waals surface area contributed by atoms with Gasteiger partial charge in [0.1, 0.15) is 6.04 Å². The molecule has 0 aromatic carbocycles. The number of carboxylic acids is 1. The van der Waals surface area contributed by atoms with E-state index in [1.807, 2.05) is 4.90 Å². The van der Waals surface area contributed by atoms with Gasteiger partial charge in [0.15, 0.2) is 0 Å². The van der Waals surface area contributed by atoms with Crippen molar-refractivity contribution >= 4 is 23.6 Å². The van der Waals surface area contributed by atoms with Gasteiger partial charge in [0, 0.05) is 17.8 Å². The molecule has 3 N–H and O–H groups in total. The quantitative estimate of drug-likeness (QED) is 0.680. The Kier molecular flexibility index (Phi) is 8.33. The fraction of sp³-hybridized carbons (Fsp3) is 0.867. The fourth-order valence-electron chi connectivity index (χ4n) is 1.89. The minimum absolute atomic E-state index is 0.0491. The molecule has 0 aromatic rings. The lowest BCUT2D eigenvalue weighted by molar-refractivity contribution is -0.139. The van der Waals surface area contributed by atoms with Crippen LogP contribution >= 0.6 is 11.8 Å². The zero-order valence-corrected chi connectivity index (χ0v) is 14.9. The van der Waals surface area contributed by atoms with Crippen LogP contribution in [0.3, 0.4) is 0 Å². The molecule has 0 heterocycles. The average molecular weight is 318 g/mol. The van der Waals surface area contributed by atoms with Crippen LogP contribution in [0, 0.1) is 11.8 Å². The molecule has 0 aliphatic carbocycles. The number of thioether (sulfide) groups is 1. The van der Waals surface area contributed by atoms with E-state index in [9.17, 15) is 9.59 Å². The van der Waals surface area contributed by atoms with Gasteiger partial charge in [-0.3, -0.25) is 9.59 Å². The molecule has 5 nitrogen and oxygen atoms in total. The largest absolute Gasteiger partial charge is 0.480 e. The maximum Gasteiger partial charge on any atom is 0.321 e. The molecule has 124 valence electrons. The highest BCUT2D eigenvalue weighted by molar-refractivity contribution is 8.01. The van der Waals surface area contributed by atoms with Crippen LogP contribution in [0.15, 0.2) is 0 Å². The third kappa shape index (κ3) is 7.71. The Balaban J connectivity index is 4.65. The first kappa shape index (κ1) is 20.2. The van der Waals surface area contributed by atoms with E-state index in [0.717, 1.165) is 13.1 Å². The van der Waals surface area contributed by atoms with Gasteiger partial charge in [0.2, 0.25) is 5.91 Å². The number of aliphatic carboxylic acids is 1. The van der Waals surface area contributed by atoms with Gasteiger partial charge in [0.05, 0.1) is 5.75 Å². The molecule has 0 aliphatic rings. The molecular formula is C15H30N2O3S. The van der Waals surface area contributed by atoms with Crippen LogP contribution in [0.25, 0.3) is 0 Å². The molecule has 0 aromatic heterocycles. The minimum atomic E-state index is -1.04. The summed E-state index contributed by atoms with van der Waals surface area (Å²) in [6.07, 6.45) is 0. The summed E-state index contributed by atoms with van der Waals surface area (Å²) in [6.45, 7) is 13.3. The van der Waals surface area contributed by atoms with Gasteiger partial charge in [-0.2, -0.15) is 0 Å². The summed E-state index contributed by atoms with van der Waals surface area (Å²) >= 11 is 1.31. The van der Waals surface area contributed by atoms with Crippen molar-refractivity contribution in [3.8, 4) is 0 Å². The highest BCUT2D eigenvalue weighted by Crippen LogP contribution is 2.27. The Morgan fingerprint density at radius 3 is 1.90 bits per heavy atom. The van der Waals surface area contributed by atoms with Crippen LogP contribution < -0.4 is 5.73 Å². The number of carbonyl (C=O) groups is 2. The number of nitrogens with zero attached hydrogens (tertiary/aromatic N) is 1. The predicted octanol–water partition coefficient (Wildman–Crippen LogP) is 2.05. The van der Waals surface area contributed by atoms with Crippen LogP contribution in [0.1, 0.15) is 41.5 Å². The highest BCUT2D eigenvalue weighted by Gasteiger charge is 2.33. The van der Waals surface area contributed by atoms with Crippen LogP contribution in [0.4, 0.5) is 0 Å². The molecule has 1 atom stereocenters. The molecule has 0 aliphatic heterocycles. The van der Waals surface area contributed by atoms with Crippen molar-refractivity contribution in [2.45, 2.75) is 52.3 Å². The molecule has 0 radical (unpaired) electrons. The summed E-state index contributed by atoms with van der Waals surface area (Å²) in [6, 6.07) is -0.987. The molecule has 0 fully saturated rings. The third-order valence-electron chi connectivity index (χ3n) is 3.11. The van der Waals surface area contributed by atoms with E-state index in [2.05, 4.69) is 27.7 Å². The van der Waals surface area contributed by atoms with Gasteiger partial charge in [-0.15, -0.1) is 11.8 Å². The molecule has 0 bridgehead atoms. The van der Waals surface area contributed by atoms with Crippen LogP contribution in [0.5, 0.6) is 0 Å². The normalized spacial score (nSPS) is 13.6. The monoisotopic (exact) mass is 318 g/mol. The standard InChI is InChI=1S/C15H30N2O3S/c1-10(2)7-17(8-11(3)4)12(18)9-21-15(5,6)13(16)14(19)20/h10-11,13H,7-9,16H2,1-6H3,(H,19,20)/t13-/m1/s1. The summed E-state index contributed by atoms with van der Waals surface area (Å²) in [4.78, 5) is 25.2. The number of carbonyl (C=O) groups excluding carboxylic acids is 1. The first-order valence-corrected chi connectivity index (χ1v) is 8.36. The average Bonchev–Trinajstić information content (AvgIpc) is 2.32. The molecule has 0 saturated heterocycles. The fourth-order valence-corrected chi connectivity index (χ4v) is 2.84. The second kappa shape index (κ2) is 8.63. The van der Waals surface area contributed by atoms with Gasteiger partial charge >= 0.3 is 5.97 Å². The Bertz CT molecular complexity index is 347. The zero-order chi connectivity index (χ0) is 16.8. The smallest absolute Gasteiger partial charge is 0.321 e. The van der Waals surface area contributed by atoms with Crippen molar-refractivity contribution < 1.29 is 14.7 Å². The van der Waals surface area contributed by atoms with Gasteiger partial charge < -0.3 is 15.7 Å². The Labute approximate surface area is 132 Å². The number of rotatable bonds is 9. The number of carboxylic acid groups (broad SMARTS) is 1. The van der Waals surface area contributed by atoms with E-state index in [1.165, 1.54) is 11.8 Å². The van der Waals surface area contributed by atoms with Crippen molar-refractivity contribution in [2.75, 3.05) is 18.8 Å². The second-order valence-electron chi connectivity index (χ2n) is 6.79. The van der Waals surface area contributed by atoms with Crippen LogP contribution in [-0.4, -0.2) is 51.5 Å². The zero-order valence-electron chi connectivity index (χ0n) is 14.0. The first-order chi connectivity index (χ1) is 9.47. The molecule has 0 rings (SSSR count). The van der Waals surface area contributed by atoms with Crippen molar-refractivity contribution in [1.82, 2.24) is 4.90 Å². The van der Waals surface area contributed by atoms with Crippen molar-refractivity contribution in [2.24, 2.45) is 17.6 Å². The summed E-state index contributed by atoms with van der Waals surface area (Å²) < 4.78 is -0.678. The van der Waals surface area contributed by atoms with Gasteiger partial charge in [-0.1, -0.05) is 27.7 Å². The van der Waals surface area contributed by atoms with Crippen molar-refractivity contribution in [3.63, 3.8) is 0 Å². The molecule has 21 heavy (non-hydrogen) atoms. The van der Waals surface area contributed by atoms with E-state index < -0.39 is 16.8 Å². The Morgan fingerprint density at radius 1 is 1.14 bits per heavy atom. The predicted molar refractivity (Wildman–Crippen MR) is 88.4 cm³/mol. The maximum absolute atomic E-state index is 12.4. The van der Waals surface area contributed by atoms with Gasteiger partial charge in [-0.05, 0) is 25.7 Å². The van der Waals surface area contributed by atoms with Gasteiger partial charge in [-0.25, -0.2) is 0 Å². The molecule has 6 heteroatoms. The molecule has 1 amide bonds. The van der Waals surface area contributed by atoms with Crippen molar-refractivity contribution in [1.29, 1.82) is 0 Å². The number of amides is 1. The van der Waals surface area contributed by atoms with Crippen LogP contribution in [0.2, 0.25) is 0 Å². The molecular weight excluding hydrogens is 288 g/mol. The van der Waals surface area contributed by atoms with E-state index in [-0.39, 0.29) is 11.7 Å². The van der Waals surface area contributed by atoms with Crippen molar-refractivity contribution in [3.05, 3.63) is 0 Å². The molecule has 0 unspecified atom stereocenters. The maximum atomic E-state index is 12.4. The van der Waals surface area contributed by atoms with Crippen LogP contribution in [-0.2, 0) is 9.59 Å². The summed E-state index contributed by atoms with van der Waals surface area (Å²) in [7, 11) is 0. The first-order valence-electron chi connectivity index (χ1n) is 7.37. The number of hydrogen-bond donors (Lipinski definition) is 2. The Hall–Kier alpha value is -0.750. The van der Waals surface area contributed by atoms with Gasteiger partial charge in [0.25, 0.3) is 0 Å². The summed E-state index contributed by atoms with van der Waals surface area (Å²) in [5, 5.41) is 9.00. The highest BCUT2D eigenvalue weighted by atomic mass is 32.2. The molecule has 0 saturated carbocycles. The van der Waals surface area contributed by atoms with E-state index in [1.54, 1.807) is 13.8 Å². The SMILES string of the molecule is CC(C)CN(CC(C)C)C(=O)CSC(C)(C)[C@H](N)C(=O)O. The van der Waals surface area contributed by atoms with E-state index in [4.69, 9.17) is 10.8 Å². The lowest BCUT2D eigenvalue weighted by atomic mass is 10.1. The Morgan fingerprint density at radius 2 is 1.57 bits per heavy atom. The summed E-state index contributed by atoms with van der Waals surface area (Å²) in [5.41, 5.74) is 5.67. The second-order valence-corrected chi connectivity index (χ2v) is 8.42. The number of nitrogens with two attached hydrogens (primary N) is 1. The topological polar surface area (TPSA) is 83.6 Å². The minimum Gasteiger partial charge on any atom is -0.480 e. The lowest BCUT2D eigenvalue weighted by Gasteiger charge is -2.30. The van der Waals surface area contributed by atoms with E-state index >= 15 is 0 Å². The molecule has 0 spiro atoms. The number of hydrogen-bond acceptors (Lipinski definition) is 4. The lowest BCUT2D eigenvalue weighted by Crippen LogP contribution is -2.48. The van der Waals surface area contributed by atoms with E-state index in [0.29, 0.717) is 11.8 Å². The third-order valence-corrected chi connectivity index (χ3v) is 4.50.